The number of carbonyl (C=O) groups excluding carboxylic acids is 2. The molecule has 1 heterocycles. The van der Waals surface area contributed by atoms with Gasteiger partial charge >= 0.3 is 6.03 Å². The predicted molar refractivity (Wildman–Crippen MR) is 73.7 cm³/mol. The third kappa shape index (κ3) is 3.72. The predicted octanol–water partition coefficient (Wildman–Crippen LogP) is 1.22. The highest BCUT2D eigenvalue weighted by Crippen LogP contribution is 2.21. The van der Waals surface area contributed by atoms with Gasteiger partial charge in [0.2, 0.25) is 5.91 Å². The zero-order valence-electron chi connectivity index (χ0n) is 11.6. The van der Waals surface area contributed by atoms with Gasteiger partial charge in [0.15, 0.2) is 0 Å². The summed E-state index contributed by atoms with van der Waals surface area (Å²) >= 11 is 0. The Labute approximate surface area is 114 Å². The van der Waals surface area contributed by atoms with Crippen molar-refractivity contribution >= 4 is 11.9 Å². The van der Waals surface area contributed by atoms with Crippen molar-refractivity contribution in [2.75, 3.05) is 32.7 Å². The molecule has 0 aromatic rings. The lowest BCUT2D eigenvalue weighted by atomic mass is 10.0. The van der Waals surface area contributed by atoms with E-state index in [4.69, 9.17) is 0 Å². The van der Waals surface area contributed by atoms with E-state index in [9.17, 15) is 9.59 Å². The number of hydrogen-bond acceptors (Lipinski definition) is 2. The molecule has 19 heavy (non-hydrogen) atoms. The SMILES string of the molecule is CCNC(=O)N1CCN(C(=O)CC2C=CCC2)CC1. The summed E-state index contributed by atoms with van der Waals surface area (Å²) in [5, 5.41) is 2.79. The molecule has 1 N–H and O–H groups in total. The Hall–Kier alpha value is -1.52. The van der Waals surface area contributed by atoms with Gasteiger partial charge in [-0.15, -0.1) is 0 Å². The maximum Gasteiger partial charge on any atom is 0.317 e. The van der Waals surface area contributed by atoms with Crippen molar-refractivity contribution in [1.29, 1.82) is 0 Å². The lowest BCUT2D eigenvalue weighted by Gasteiger charge is -2.35. The fourth-order valence-electron chi connectivity index (χ4n) is 2.64. The van der Waals surface area contributed by atoms with E-state index in [0.717, 1.165) is 12.8 Å². The molecule has 0 bridgehead atoms. The minimum atomic E-state index is -0.0201. The summed E-state index contributed by atoms with van der Waals surface area (Å²) in [6, 6.07) is -0.0201. The fraction of sp³-hybridized carbons (Fsp3) is 0.714. The molecular weight excluding hydrogens is 242 g/mol. The van der Waals surface area contributed by atoms with Crippen molar-refractivity contribution in [3.05, 3.63) is 12.2 Å². The summed E-state index contributed by atoms with van der Waals surface area (Å²) < 4.78 is 0. The van der Waals surface area contributed by atoms with Crippen LogP contribution >= 0.6 is 0 Å². The largest absolute Gasteiger partial charge is 0.339 e. The van der Waals surface area contributed by atoms with Crippen LogP contribution in [-0.4, -0.2) is 54.5 Å². The van der Waals surface area contributed by atoms with Gasteiger partial charge in [0.05, 0.1) is 0 Å². The molecule has 1 aliphatic carbocycles. The number of nitrogens with zero attached hydrogens (tertiary/aromatic N) is 2. The normalized spacial score (nSPS) is 22.7. The van der Waals surface area contributed by atoms with Crippen LogP contribution in [0.2, 0.25) is 0 Å². The molecule has 2 aliphatic rings. The van der Waals surface area contributed by atoms with E-state index in [1.807, 2.05) is 11.8 Å². The second-order valence-corrected chi connectivity index (χ2v) is 5.17. The summed E-state index contributed by atoms with van der Waals surface area (Å²) in [6.45, 7) is 5.15. The topological polar surface area (TPSA) is 52.7 Å². The van der Waals surface area contributed by atoms with Crippen LogP contribution in [-0.2, 0) is 4.79 Å². The highest BCUT2D eigenvalue weighted by molar-refractivity contribution is 5.78. The first-order valence-electron chi connectivity index (χ1n) is 7.18. The molecule has 0 radical (unpaired) electrons. The smallest absolute Gasteiger partial charge is 0.317 e. The van der Waals surface area contributed by atoms with E-state index in [2.05, 4.69) is 17.5 Å². The van der Waals surface area contributed by atoms with E-state index < -0.39 is 0 Å². The maximum atomic E-state index is 12.1. The Morgan fingerprint density at radius 3 is 2.47 bits per heavy atom. The van der Waals surface area contributed by atoms with Gasteiger partial charge in [-0.2, -0.15) is 0 Å². The monoisotopic (exact) mass is 265 g/mol. The first-order chi connectivity index (χ1) is 9.20. The van der Waals surface area contributed by atoms with Crippen LogP contribution in [0.4, 0.5) is 4.79 Å². The first-order valence-corrected chi connectivity index (χ1v) is 7.18. The van der Waals surface area contributed by atoms with Gasteiger partial charge in [0.25, 0.3) is 0 Å². The highest BCUT2D eigenvalue weighted by atomic mass is 16.2. The molecule has 106 valence electrons. The molecule has 2 rings (SSSR count). The molecule has 0 aromatic heterocycles. The average Bonchev–Trinajstić information content (AvgIpc) is 2.92. The Bertz CT molecular complexity index is 360. The number of rotatable bonds is 3. The molecule has 3 amide bonds. The molecule has 5 heteroatoms. The third-order valence-electron chi connectivity index (χ3n) is 3.80. The number of amides is 3. The van der Waals surface area contributed by atoms with Gasteiger partial charge in [-0.3, -0.25) is 4.79 Å². The highest BCUT2D eigenvalue weighted by Gasteiger charge is 2.25. The molecule has 1 atom stereocenters. The Balaban J connectivity index is 1.74. The van der Waals surface area contributed by atoms with Crippen molar-refractivity contribution in [2.24, 2.45) is 5.92 Å². The number of hydrogen-bond donors (Lipinski definition) is 1. The zero-order chi connectivity index (χ0) is 13.7. The van der Waals surface area contributed by atoms with Crippen LogP contribution in [0.3, 0.4) is 0 Å². The van der Waals surface area contributed by atoms with Crippen LogP contribution in [0, 0.1) is 5.92 Å². The number of urea groups is 1. The molecule has 0 aromatic carbocycles. The molecule has 0 saturated carbocycles. The standard InChI is InChI=1S/C14H23N3O2/c1-2-15-14(19)17-9-7-16(8-10-17)13(18)11-12-5-3-4-6-12/h3,5,12H,2,4,6-11H2,1H3,(H,15,19). The van der Waals surface area contributed by atoms with Gasteiger partial charge in [0, 0.05) is 39.1 Å². The number of piperazine rings is 1. The van der Waals surface area contributed by atoms with Crippen molar-refractivity contribution in [1.82, 2.24) is 15.1 Å². The molecule has 1 saturated heterocycles. The summed E-state index contributed by atoms with van der Waals surface area (Å²) in [5.41, 5.74) is 0. The zero-order valence-corrected chi connectivity index (χ0v) is 11.6. The molecule has 1 unspecified atom stereocenters. The maximum absolute atomic E-state index is 12.1. The van der Waals surface area contributed by atoms with Gasteiger partial charge in [-0.1, -0.05) is 12.2 Å². The Morgan fingerprint density at radius 2 is 1.89 bits per heavy atom. The first kappa shape index (κ1) is 13.9. The van der Waals surface area contributed by atoms with Gasteiger partial charge in [-0.05, 0) is 25.7 Å². The van der Waals surface area contributed by atoms with Gasteiger partial charge in [0.1, 0.15) is 0 Å². The summed E-state index contributed by atoms with van der Waals surface area (Å²) in [5.74, 6) is 0.654. The van der Waals surface area contributed by atoms with Crippen LogP contribution in [0.25, 0.3) is 0 Å². The van der Waals surface area contributed by atoms with Crippen molar-refractivity contribution < 1.29 is 9.59 Å². The van der Waals surface area contributed by atoms with Crippen molar-refractivity contribution in [2.45, 2.75) is 26.2 Å². The minimum absolute atomic E-state index is 0.0201. The third-order valence-corrected chi connectivity index (χ3v) is 3.80. The average molecular weight is 265 g/mol. The van der Waals surface area contributed by atoms with Gasteiger partial charge < -0.3 is 15.1 Å². The van der Waals surface area contributed by atoms with Crippen LogP contribution in [0.5, 0.6) is 0 Å². The number of allylic oxidation sites excluding steroid dienone is 2. The molecule has 5 nitrogen and oxygen atoms in total. The Kier molecular flexibility index (Phi) is 4.82. The number of nitrogens with one attached hydrogen (secondary N) is 1. The van der Waals surface area contributed by atoms with Crippen LogP contribution in [0.15, 0.2) is 12.2 Å². The quantitative estimate of drug-likeness (QED) is 0.780. The molecule has 0 spiro atoms. The lowest BCUT2D eigenvalue weighted by molar-refractivity contribution is -0.133. The summed E-state index contributed by atoms with van der Waals surface area (Å²) in [7, 11) is 0. The van der Waals surface area contributed by atoms with E-state index in [0.29, 0.717) is 45.1 Å². The summed E-state index contributed by atoms with van der Waals surface area (Å²) in [4.78, 5) is 27.5. The second-order valence-electron chi connectivity index (χ2n) is 5.17. The Morgan fingerprint density at radius 1 is 1.21 bits per heavy atom. The minimum Gasteiger partial charge on any atom is -0.339 e. The van der Waals surface area contributed by atoms with Crippen LogP contribution in [0.1, 0.15) is 26.2 Å². The molecule has 1 fully saturated rings. The summed E-state index contributed by atoms with van der Waals surface area (Å²) in [6.07, 6.45) is 7.14. The van der Waals surface area contributed by atoms with E-state index in [1.165, 1.54) is 0 Å². The lowest BCUT2D eigenvalue weighted by Crippen LogP contribution is -2.53. The van der Waals surface area contributed by atoms with E-state index in [1.54, 1.807) is 4.90 Å². The van der Waals surface area contributed by atoms with Crippen molar-refractivity contribution in [3.8, 4) is 0 Å². The molecular formula is C14H23N3O2. The van der Waals surface area contributed by atoms with E-state index >= 15 is 0 Å². The molecule has 1 aliphatic heterocycles. The van der Waals surface area contributed by atoms with E-state index in [-0.39, 0.29) is 11.9 Å². The van der Waals surface area contributed by atoms with Crippen molar-refractivity contribution in [3.63, 3.8) is 0 Å². The fourth-order valence-corrected chi connectivity index (χ4v) is 2.64. The second kappa shape index (κ2) is 6.59. The number of carbonyl (C=O) groups is 2. The van der Waals surface area contributed by atoms with Crippen LogP contribution < -0.4 is 5.32 Å². The van der Waals surface area contributed by atoms with Gasteiger partial charge in [-0.25, -0.2) is 4.79 Å².